The Labute approximate surface area is 135 Å². The van der Waals surface area contributed by atoms with Crippen LogP contribution in [0.2, 0.25) is 5.02 Å². The van der Waals surface area contributed by atoms with E-state index in [4.69, 9.17) is 21.1 Å². The molecule has 2 aliphatic heterocycles. The van der Waals surface area contributed by atoms with Crippen LogP contribution in [0.15, 0.2) is 12.3 Å². The summed E-state index contributed by atoms with van der Waals surface area (Å²) in [6.45, 7) is 5.08. The van der Waals surface area contributed by atoms with Gasteiger partial charge in [0.05, 0.1) is 18.8 Å². The number of carbonyl (C=O) groups is 1. The Kier molecular flexibility index (Phi) is 4.84. The van der Waals surface area contributed by atoms with E-state index in [0.717, 1.165) is 32.4 Å². The number of nitrogens with zero attached hydrogens (tertiary/aromatic N) is 2. The molecule has 22 heavy (non-hydrogen) atoms. The number of ether oxygens (including phenoxy) is 2. The molecule has 0 aromatic carbocycles. The minimum atomic E-state index is -0.00451. The molecule has 0 bridgehead atoms. The molecule has 2 aliphatic rings. The van der Waals surface area contributed by atoms with Gasteiger partial charge >= 0.3 is 0 Å². The fourth-order valence-corrected chi connectivity index (χ4v) is 3.00. The summed E-state index contributed by atoms with van der Waals surface area (Å²) < 4.78 is 11.0. The van der Waals surface area contributed by atoms with Gasteiger partial charge in [-0.15, -0.1) is 0 Å². The van der Waals surface area contributed by atoms with Crippen molar-refractivity contribution in [1.29, 1.82) is 0 Å². The number of piperidine rings is 1. The molecule has 1 amide bonds. The summed E-state index contributed by atoms with van der Waals surface area (Å²) in [5.74, 6) is 1.06. The standard InChI is InChI=1S/C16H21ClN2O3/c1-11-2-5-19(6-3-11)16(20)12-8-14(17)15(18-9-12)22-13-4-7-21-10-13/h8-9,11,13H,2-7,10H2,1H3. The van der Waals surface area contributed by atoms with Crippen LogP contribution in [0, 0.1) is 5.92 Å². The van der Waals surface area contributed by atoms with Gasteiger partial charge in [-0.25, -0.2) is 4.98 Å². The summed E-state index contributed by atoms with van der Waals surface area (Å²) in [7, 11) is 0. The number of rotatable bonds is 3. The molecule has 0 saturated carbocycles. The molecular formula is C16H21ClN2O3. The van der Waals surface area contributed by atoms with Gasteiger partial charge in [0.25, 0.3) is 5.91 Å². The van der Waals surface area contributed by atoms with Crippen LogP contribution in [-0.2, 0) is 4.74 Å². The normalized spacial score (nSPS) is 22.8. The predicted octanol–water partition coefficient (Wildman–Crippen LogP) is 2.77. The summed E-state index contributed by atoms with van der Waals surface area (Å²) >= 11 is 6.21. The van der Waals surface area contributed by atoms with E-state index >= 15 is 0 Å². The van der Waals surface area contributed by atoms with Crippen molar-refractivity contribution in [3.63, 3.8) is 0 Å². The number of amides is 1. The molecule has 1 aromatic heterocycles. The summed E-state index contributed by atoms with van der Waals surface area (Å²) in [5.41, 5.74) is 0.523. The van der Waals surface area contributed by atoms with Gasteiger partial charge in [-0.1, -0.05) is 18.5 Å². The minimum absolute atomic E-state index is 0.00273. The zero-order chi connectivity index (χ0) is 15.5. The lowest BCUT2D eigenvalue weighted by Gasteiger charge is -2.30. The number of aromatic nitrogens is 1. The lowest BCUT2D eigenvalue weighted by molar-refractivity contribution is 0.0696. The summed E-state index contributed by atoms with van der Waals surface area (Å²) in [6.07, 6.45) is 4.49. The van der Waals surface area contributed by atoms with Gasteiger partial charge in [0.15, 0.2) is 0 Å². The summed E-state index contributed by atoms with van der Waals surface area (Å²) in [4.78, 5) is 18.6. The van der Waals surface area contributed by atoms with Crippen LogP contribution >= 0.6 is 11.6 Å². The first-order valence-corrected chi connectivity index (χ1v) is 8.20. The Morgan fingerprint density at radius 2 is 2.18 bits per heavy atom. The third-order valence-corrected chi connectivity index (χ3v) is 4.56. The monoisotopic (exact) mass is 324 g/mol. The molecule has 0 radical (unpaired) electrons. The van der Waals surface area contributed by atoms with Crippen LogP contribution in [-0.4, -0.2) is 48.2 Å². The Morgan fingerprint density at radius 1 is 1.41 bits per heavy atom. The first-order chi connectivity index (χ1) is 10.6. The highest BCUT2D eigenvalue weighted by molar-refractivity contribution is 6.32. The molecule has 0 spiro atoms. The van der Waals surface area contributed by atoms with E-state index < -0.39 is 0 Å². The fourth-order valence-electron chi connectivity index (χ4n) is 2.79. The van der Waals surface area contributed by atoms with Gasteiger partial charge in [0.2, 0.25) is 5.88 Å². The quantitative estimate of drug-likeness (QED) is 0.858. The molecule has 5 nitrogen and oxygen atoms in total. The maximum atomic E-state index is 12.5. The van der Waals surface area contributed by atoms with Crippen LogP contribution in [0.5, 0.6) is 5.88 Å². The largest absolute Gasteiger partial charge is 0.471 e. The van der Waals surface area contributed by atoms with E-state index in [-0.39, 0.29) is 12.0 Å². The van der Waals surface area contributed by atoms with Gasteiger partial charge in [-0.3, -0.25) is 4.79 Å². The molecule has 3 rings (SSSR count). The average molecular weight is 325 g/mol. The van der Waals surface area contributed by atoms with Crippen molar-refractivity contribution in [2.24, 2.45) is 5.92 Å². The fraction of sp³-hybridized carbons (Fsp3) is 0.625. The number of carbonyl (C=O) groups excluding carboxylic acids is 1. The average Bonchev–Trinajstić information content (AvgIpc) is 3.02. The Morgan fingerprint density at radius 3 is 2.82 bits per heavy atom. The number of likely N-dealkylation sites (tertiary alicyclic amines) is 1. The maximum Gasteiger partial charge on any atom is 0.255 e. The highest BCUT2D eigenvalue weighted by Crippen LogP contribution is 2.26. The highest BCUT2D eigenvalue weighted by Gasteiger charge is 2.23. The Hall–Kier alpha value is -1.33. The molecule has 2 fully saturated rings. The molecule has 1 aromatic rings. The van der Waals surface area contributed by atoms with Crippen molar-refractivity contribution in [1.82, 2.24) is 9.88 Å². The first-order valence-electron chi connectivity index (χ1n) is 7.82. The van der Waals surface area contributed by atoms with Gasteiger partial charge < -0.3 is 14.4 Å². The van der Waals surface area contributed by atoms with Gasteiger partial charge in [0.1, 0.15) is 11.1 Å². The molecule has 6 heteroatoms. The van der Waals surface area contributed by atoms with E-state index in [1.807, 2.05) is 4.90 Å². The van der Waals surface area contributed by atoms with E-state index in [2.05, 4.69) is 11.9 Å². The molecule has 0 aliphatic carbocycles. The van der Waals surface area contributed by atoms with Crippen molar-refractivity contribution >= 4 is 17.5 Å². The highest BCUT2D eigenvalue weighted by atomic mass is 35.5. The van der Waals surface area contributed by atoms with Crippen molar-refractivity contribution in [2.45, 2.75) is 32.3 Å². The minimum Gasteiger partial charge on any atom is -0.471 e. The number of halogens is 1. The van der Waals surface area contributed by atoms with Crippen molar-refractivity contribution in [3.8, 4) is 5.88 Å². The molecule has 3 heterocycles. The Balaban J connectivity index is 1.66. The number of hydrogen-bond donors (Lipinski definition) is 0. The van der Waals surface area contributed by atoms with Crippen molar-refractivity contribution < 1.29 is 14.3 Å². The molecule has 1 unspecified atom stereocenters. The summed E-state index contributed by atoms with van der Waals surface area (Å²) in [6, 6.07) is 1.65. The van der Waals surface area contributed by atoms with Gasteiger partial charge in [-0.05, 0) is 24.8 Å². The SMILES string of the molecule is CC1CCN(C(=O)c2cnc(OC3CCOC3)c(Cl)c2)CC1. The zero-order valence-corrected chi connectivity index (χ0v) is 13.5. The van der Waals surface area contributed by atoms with Crippen LogP contribution in [0.25, 0.3) is 0 Å². The number of pyridine rings is 1. The van der Waals surface area contributed by atoms with Crippen LogP contribution < -0.4 is 4.74 Å². The molecule has 0 N–H and O–H groups in total. The van der Waals surface area contributed by atoms with Crippen LogP contribution in [0.1, 0.15) is 36.5 Å². The second kappa shape index (κ2) is 6.84. The maximum absolute atomic E-state index is 12.5. The van der Waals surface area contributed by atoms with E-state index in [9.17, 15) is 4.79 Å². The summed E-state index contributed by atoms with van der Waals surface area (Å²) in [5, 5.41) is 0.378. The lowest BCUT2D eigenvalue weighted by atomic mass is 9.99. The molecule has 120 valence electrons. The third-order valence-electron chi connectivity index (χ3n) is 4.29. The smallest absolute Gasteiger partial charge is 0.255 e. The second-order valence-corrected chi connectivity index (χ2v) is 6.50. The topological polar surface area (TPSA) is 51.7 Å². The van der Waals surface area contributed by atoms with Crippen molar-refractivity contribution in [3.05, 3.63) is 22.8 Å². The van der Waals surface area contributed by atoms with E-state index in [1.165, 1.54) is 0 Å². The van der Waals surface area contributed by atoms with Crippen LogP contribution in [0.3, 0.4) is 0 Å². The molecular weight excluding hydrogens is 304 g/mol. The lowest BCUT2D eigenvalue weighted by Crippen LogP contribution is -2.37. The second-order valence-electron chi connectivity index (χ2n) is 6.09. The molecule has 1 atom stereocenters. The first kappa shape index (κ1) is 15.6. The zero-order valence-electron chi connectivity index (χ0n) is 12.8. The Bertz CT molecular complexity index is 538. The predicted molar refractivity (Wildman–Crippen MR) is 83.4 cm³/mol. The van der Waals surface area contributed by atoms with E-state index in [0.29, 0.717) is 35.6 Å². The van der Waals surface area contributed by atoms with Crippen LogP contribution in [0.4, 0.5) is 0 Å². The molecule has 2 saturated heterocycles. The van der Waals surface area contributed by atoms with Gasteiger partial charge in [-0.2, -0.15) is 0 Å². The van der Waals surface area contributed by atoms with Gasteiger partial charge in [0, 0.05) is 25.7 Å². The van der Waals surface area contributed by atoms with E-state index in [1.54, 1.807) is 12.3 Å². The number of hydrogen-bond acceptors (Lipinski definition) is 4. The van der Waals surface area contributed by atoms with Crippen molar-refractivity contribution in [2.75, 3.05) is 26.3 Å². The third kappa shape index (κ3) is 3.52.